The molecule has 1 aromatic rings. The molecule has 0 saturated heterocycles. The summed E-state index contributed by atoms with van der Waals surface area (Å²) in [5.74, 6) is -0.966. The molecule has 24 heavy (non-hydrogen) atoms. The van der Waals surface area contributed by atoms with E-state index in [-0.39, 0.29) is 31.3 Å². The topological polar surface area (TPSA) is 81.7 Å². The highest BCUT2D eigenvalue weighted by molar-refractivity contribution is 7.16. The van der Waals surface area contributed by atoms with E-state index in [0.29, 0.717) is 23.6 Å². The predicted octanol–water partition coefficient (Wildman–Crippen LogP) is 3.55. The number of esters is 2. The molecule has 0 fully saturated rings. The van der Waals surface area contributed by atoms with Gasteiger partial charge in [-0.1, -0.05) is 13.3 Å². The van der Waals surface area contributed by atoms with Crippen LogP contribution in [0.2, 0.25) is 0 Å². The molecule has 1 N–H and O–H groups in total. The van der Waals surface area contributed by atoms with Gasteiger partial charge in [0, 0.05) is 17.7 Å². The standard InChI is InChI=1S/C17H25NO5S/c1-4-8-12-11-13(17(21)23-6-3)16(24-12)18-14(19)9-7-10-15(20)22-5-2/h11H,4-10H2,1-3H3,(H,18,19). The zero-order valence-electron chi connectivity index (χ0n) is 14.5. The van der Waals surface area contributed by atoms with Crippen molar-refractivity contribution in [1.29, 1.82) is 0 Å². The smallest absolute Gasteiger partial charge is 0.341 e. The number of nitrogens with one attached hydrogen (secondary N) is 1. The molecule has 0 aliphatic heterocycles. The van der Waals surface area contributed by atoms with E-state index in [9.17, 15) is 14.4 Å². The summed E-state index contributed by atoms with van der Waals surface area (Å²) in [4.78, 5) is 36.3. The Morgan fingerprint density at radius 2 is 1.79 bits per heavy atom. The van der Waals surface area contributed by atoms with E-state index in [0.717, 1.165) is 17.7 Å². The largest absolute Gasteiger partial charge is 0.466 e. The van der Waals surface area contributed by atoms with E-state index >= 15 is 0 Å². The maximum absolute atomic E-state index is 12.0. The van der Waals surface area contributed by atoms with Gasteiger partial charge in [-0.15, -0.1) is 11.3 Å². The first-order valence-corrected chi connectivity index (χ1v) is 9.08. The number of hydrogen-bond acceptors (Lipinski definition) is 6. The molecule has 0 aliphatic carbocycles. The number of ether oxygens (including phenoxy) is 2. The van der Waals surface area contributed by atoms with Crippen molar-refractivity contribution < 1.29 is 23.9 Å². The van der Waals surface area contributed by atoms with Crippen molar-refractivity contribution in [2.75, 3.05) is 18.5 Å². The summed E-state index contributed by atoms with van der Waals surface area (Å²) in [6, 6.07) is 1.78. The van der Waals surface area contributed by atoms with Gasteiger partial charge in [0.25, 0.3) is 0 Å². The van der Waals surface area contributed by atoms with Crippen LogP contribution in [0.1, 0.15) is 61.7 Å². The molecule has 0 atom stereocenters. The number of carbonyl (C=O) groups excluding carboxylic acids is 3. The molecule has 0 aromatic carbocycles. The Morgan fingerprint density at radius 1 is 1.08 bits per heavy atom. The van der Waals surface area contributed by atoms with E-state index < -0.39 is 5.97 Å². The van der Waals surface area contributed by atoms with E-state index in [2.05, 4.69) is 12.2 Å². The zero-order valence-corrected chi connectivity index (χ0v) is 15.3. The Bertz CT molecular complexity index is 567. The quantitative estimate of drug-likeness (QED) is 0.649. The number of anilines is 1. The molecule has 0 bridgehead atoms. The van der Waals surface area contributed by atoms with Gasteiger partial charge in [0.05, 0.1) is 18.8 Å². The summed E-state index contributed by atoms with van der Waals surface area (Å²) in [6.45, 7) is 6.16. The van der Waals surface area contributed by atoms with Crippen LogP contribution >= 0.6 is 11.3 Å². The molecular formula is C17H25NO5S. The van der Waals surface area contributed by atoms with Crippen molar-refractivity contribution in [3.63, 3.8) is 0 Å². The first-order valence-electron chi connectivity index (χ1n) is 8.27. The Hall–Kier alpha value is -1.89. The molecule has 6 nitrogen and oxygen atoms in total. The molecule has 1 heterocycles. The fourth-order valence-corrected chi connectivity index (χ4v) is 3.24. The van der Waals surface area contributed by atoms with Crippen LogP contribution in [-0.2, 0) is 25.5 Å². The van der Waals surface area contributed by atoms with Crippen molar-refractivity contribution in [2.45, 2.75) is 52.9 Å². The zero-order chi connectivity index (χ0) is 17.9. The highest BCUT2D eigenvalue weighted by Crippen LogP contribution is 2.30. The molecule has 7 heteroatoms. The second kappa shape index (κ2) is 10.8. The van der Waals surface area contributed by atoms with Gasteiger partial charge >= 0.3 is 11.9 Å². The number of thiophene rings is 1. The molecule has 1 amide bonds. The summed E-state index contributed by atoms with van der Waals surface area (Å²) in [6.07, 6.45) is 2.61. The van der Waals surface area contributed by atoms with E-state index in [4.69, 9.17) is 9.47 Å². The van der Waals surface area contributed by atoms with Gasteiger partial charge in [0.15, 0.2) is 0 Å². The van der Waals surface area contributed by atoms with Gasteiger partial charge in [-0.25, -0.2) is 4.79 Å². The maximum Gasteiger partial charge on any atom is 0.341 e. The third kappa shape index (κ3) is 6.70. The molecule has 0 radical (unpaired) electrons. The maximum atomic E-state index is 12.0. The Balaban J connectivity index is 2.65. The third-order valence-electron chi connectivity index (χ3n) is 3.12. The molecule has 0 saturated carbocycles. The highest BCUT2D eigenvalue weighted by atomic mass is 32.1. The van der Waals surface area contributed by atoms with Crippen LogP contribution in [0.4, 0.5) is 5.00 Å². The van der Waals surface area contributed by atoms with Crippen molar-refractivity contribution in [1.82, 2.24) is 0 Å². The Kier molecular flexibility index (Phi) is 9.07. The molecule has 0 aliphatic rings. The minimum atomic E-state index is -0.432. The van der Waals surface area contributed by atoms with Gasteiger partial charge < -0.3 is 14.8 Å². The average molecular weight is 355 g/mol. The predicted molar refractivity (Wildman–Crippen MR) is 93.4 cm³/mol. The fraction of sp³-hybridized carbons (Fsp3) is 0.588. The van der Waals surface area contributed by atoms with E-state index in [1.807, 2.05) is 0 Å². The van der Waals surface area contributed by atoms with Crippen LogP contribution in [0.15, 0.2) is 6.07 Å². The van der Waals surface area contributed by atoms with Crippen LogP contribution in [0.5, 0.6) is 0 Å². The average Bonchev–Trinajstić information content (AvgIpc) is 2.90. The SMILES string of the molecule is CCCc1cc(C(=O)OCC)c(NC(=O)CCCC(=O)OCC)s1. The molecule has 1 aromatic heterocycles. The summed E-state index contributed by atoms with van der Waals surface area (Å²) in [5.41, 5.74) is 0.393. The van der Waals surface area contributed by atoms with E-state index in [1.165, 1.54) is 11.3 Å². The highest BCUT2D eigenvalue weighted by Gasteiger charge is 2.19. The first kappa shape index (κ1) is 20.2. The number of hydrogen-bond donors (Lipinski definition) is 1. The first-order chi connectivity index (χ1) is 11.5. The van der Waals surface area contributed by atoms with Gasteiger partial charge in [-0.2, -0.15) is 0 Å². The lowest BCUT2D eigenvalue weighted by molar-refractivity contribution is -0.143. The summed E-state index contributed by atoms with van der Waals surface area (Å²) in [7, 11) is 0. The van der Waals surface area contributed by atoms with Crippen LogP contribution in [0.3, 0.4) is 0 Å². The van der Waals surface area contributed by atoms with Crippen molar-refractivity contribution in [2.24, 2.45) is 0 Å². The van der Waals surface area contributed by atoms with Gasteiger partial charge in [-0.3, -0.25) is 9.59 Å². The minimum absolute atomic E-state index is 0.197. The van der Waals surface area contributed by atoms with Gasteiger partial charge in [0.1, 0.15) is 5.00 Å². The van der Waals surface area contributed by atoms with Crippen LogP contribution in [-0.4, -0.2) is 31.1 Å². The minimum Gasteiger partial charge on any atom is -0.466 e. The molecule has 0 unspecified atom stereocenters. The number of carbonyl (C=O) groups is 3. The summed E-state index contributed by atoms with van der Waals surface area (Å²) < 4.78 is 9.86. The number of amides is 1. The summed E-state index contributed by atoms with van der Waals surface area (Å²) in [5, 5.41) is 3.27. The second-order valence-electron chi connectivity index (χ2n) is 5.13. The fourth-order valence-electron chi connectivity index (χ4n) is 2.08. The molecule has 134 valence electrons. The summed E-state index contributed by atoms with van der Waals surface area (Å²) >= 11 is 1.39. The monoisotopic (exact) mass is 355 g/mol. The second-order valence-corrected chi connectivity index (χ2v) is 6.27. The van der Waals surface area contributed by atoms with Crippen LogP contribution in [0, 0.1) is 0 Å². The lowest BCUT2D eigenvalue weighted by Gasteiger charge is -2.06. The lowest BCUT2D eigenvalue weighted by atomic mass is 10.2. The number of rotatable bonds is 10. The van der Waals surface area contributed by atoms with Crippen molar-refractivity contribution in [3.05, 3.63) is 16.5 Å². The van der Waals surface area contributed by atoms with Gasteiger partial charge in [-0.05, 0) is 32.8 Å². The van der Waals surface area contributed by atoms with Crippen LogP contribution in [0.25, 0.3) is 0 Å². The normalized spacial score (nSPS) is 10.3. The van der Waals surface area contributed by atoms with Gasteiger partial charge in [0.2, 0.25) is 5.91 Å². The lowest BCUT2D eigenvalue weighted by Crippen LogP contribution is -2.14. The Labute approximate surface area is 146 Å². The Morgan fingerprint density at radius 3 is 2.42 bits per heavy atom. The van der Waals surface area contributed by atoms with Crippen LogP contribution < -0.4 is 5.32 Å². The molecule has 0 spiro atoms. The van der Waals surface area contributed by atoms with E-state index in [1.54, 1.807) is 19.9 Å². The number of aryl methyl sites for hydroxylation is 1. The van der Waals surface area contributed by atoms with Crippen molar-refractivity contribution >= 4 is 34.2 Å². The van der Waals surface area contributed by atoms with Crippen molar-refractivity contribution in [3.8, 4) is 0 Å². The molecule has 1 rings (SSSR count). The molecular weight excluding hydrogens is 330 g/mol. The third-order valence-corrected chi connectivity index (χ3v) is 4.23.